The molecule has 2 heterocycles. The van der Waals surface area contributed by atoms with Gasteiger partial charge in [0.25, 0.3) is 0 Å². The fraction of sp³-hybridized carbons (Fsp3) is 0.385. The van der Waals surface area contributed by atoms with Crippen LogP contribution in [0, 0.1) is 0 Å². The number of carbonyl (C=O) groups excluding carboxylic acids is 2. The highest BCUT2D eigenvalue weighted by Gasteiger charge is 2.39. The van der Waals surface area contributed by atoms with Crippen LogP contribution in [0.3, 0.4) is 0 Å². The van der Waals surface area contributed by atoms with Gasteiger partial charge in [0, 0.05) is 24.0 Å². The molecule has 1 aliphatic rings. The largest absolute Gasteiger partial charge is 0.352 e. The van der Waals surface area contributed by atoms with Gasteiger partial charge in [-0.25, -0.2) is 0 Å². The predicted molar refractivity (Wildman–Crippen MR) is 77.2 cm³/mol. The summed E-state index contributed by atoms with van der Waals surface area (Å²) in [5.74, 6) is -0.288. The average Bonchev–Trinajstić information content (AvgIpc) is 2.75. The van der Waals surface area contributed by atoms with Crippen LogP contribution in [0.2, 0.25) is 4.34 Å². The highest BCUT2D eigenvalue weighted by atomic mass is 35.5. The lowest BCUT2D eigenvalue weighted by atomic mass is 9.99. The molecule has 0 radical (unpaired) electrons. The third-order valence-electron chi connectivity index (χ3n) is 3.10. The number of nitrogens with zero attached hydrogens (tertiary/aromatic N) is 1. The normalized spacial score (nSPS) is 18.7. The maximum atomic E-state index is 12.2. The summed E-state index contributed by atoms with van der Waals surface area (Å²) in [6, 6.07) is 3.64. The molecular weight excluding hydrogens is 284 g/mol. The average molecular weight is 299 g/mol. The van der Waals surface area contributed by atoms with Gasteiger partial charge in [-0.2, -0.15) is 0 Å². The van der Waals surface area contributed by atoms with Crippen LogP contribution in [-0.4, -0.2) is 35.3 Å². The molecule has 1 aromatic heterocycles. The van der Waals surface area contributed by atoms with E-state index in [1.165, 1.54) is 17.4 Å². The Hall–Kier alpha value is -1.33. The third-order valence-corrected chi connectivity index (χ3v) is 4.30. The standard InChI is InChI=1S/C13H15ClN2O2S/c1-13(2)12(18)15-7-8-16(13)11(17)6-4-9-3-5-10(14)19-9/h3-6H,7-8H2,1-2H3,(H,15,18). The highest BCUT2D eigenvalue weighted by molar-refractivity contribution is 7.17. The molecule has 0 aliphatic carbocycles. The Morgan fingerprint density at radius 1 is 1.53 bits per heavy atom. The van der Waals surface area contributed by atoms with Crippen LogP contribution in [0.25, 0.3) is 6.08 Å². The molecule has 2 amide bonds. The molecule has 0 unspecified atom stereocenters. The molecule has 1 N–H and O–H groups in total. The molecule has 6 heteroatoms. The van der Waals surface area contributed by atoms with E-state index in [-0.39, 0.29) is 11.8 Å². The number of amides is 2. The van der Waals surface area contributed by atoms with E-state index in [0.717, 1.165) is 4.88 Å². The first-order valence-electron chi connectivity index (χ1n) is 5.94. The first-order valence-corrected chi connectivity index (χ1v) is 7.14. The summed E-state index contributed by atoms with van der Waals surface area (Å²) < 4.78 is 0.685. The van der Waals surface area contributed by atoms with Gasteiger partial charge in [-0.05, 0) is 32.1 Å². The quantitative estimate of drug-likeness (QED) is 0.851. The van der Waals surface area contributed by atoms with Gasteiger partial charge in [0.1, 0.15) is 5.54 Å². The monoisotopic (exact) mass is 298 g/mol. The van der Waals surface area contributed by atoms with Gasteiger partial charge < -0.3 is 10.2 Å². The molecular formula is C13H15ClN2O2S. The van der Waals surface area contributed by atoms with Crippen molar-refractivity contribution in [3.63, 3.8) is 0 Å². The van der Waals surface area contributed by atoms with Gasteiger partial charge in [-0.15, -0.1) is 11.3 Å². The van der Waals surface area contributed by atoms with Crippen LogP contribution in [-0.2, 0) is 9.59 Å². The molecule has 0 aromatic carbocycles. The van der Waals surface area contributed by atoms with Crippen molar-refractivity contribution in [3.05, 3.63) is 27.4 Å². The Kier molecular flexibility index (Phi) is 3.96. The summed E-state index contributed by atoms with van der Waals surface area (Å²) in [5.41, 5.74) is -0.813. The molecule has 0 saturated carbocycles. The molecule has 102 valence electrons. The van der Waals surface area contributed by atoms with Crippen molar-refractivity contribution < 1.29 is 9.59 Å². The molecule has 1 fully saturated rings. The van der Waals surface area contributed by atoms with Crippen molar-refractivity contribution in [3.8, 4) is 0 Å². The number of hydrogen-bond donors (Lipinski definition) is 1. The van der Waals surface area contributed by atoms with Crippen LogP contribution in [0.1, 0.15) is 18.7 Å². The summed E-state index contributed by atoms with van der Waals surface area (Å²) in [6.07, 6.45) is 3.21. The topological polar surface area (TPSA) is 49.4 Å². The maximum absolute atomic E-state index is 12.2. The number of halogens is 1. The van der Waals surface area contributed by atoms with E-state index in [1.54, 1.807) is 30.9 Å². The first kappa shape index (κ1) is 14.1. The summed E-state index contributed by atoms with van der Waals surface area (Å²) >= 11 is 7.23. The lowest BCUT2D eigenvalue weighted by molar-refractivity contribution is -0.146. The van der Waals surface area contributed by atoms with E-state index in [4.69, 9.17) is 11.6 Å². The minimum atomic E-state index is -0.813. The molecule has 0 spiro atoms. The van der Waals surface area contributed by atoms with Gasteiger partial charge in [0.2, 0.25) is 11.8 Å². The lowest BCUT2D eigenvalue weighted by Crippen LogP contribution is -2.63. The van der Waals surface area contributed by atoms with Crippen molar-refractivity contribution >= 4 is 40.8 Å². The Morgan fingerprint density at radius 2 is 2.26 bits per heavy atom. The van der Waals surface area contributed by atoms with Crippen LogP contribution >= 0.6 is 22.9 Å². The summed E-state index contributed by atoms with van der Waals surface area (Å²) in [4.78, 5) is 26.4. The number of nitrogens with one attached hydrogen (secondary N) is 1. The Labute approximate surface area is 121 Å². The first-order chi connectivity index (χ1) is 8.91. The number of rotatable bonds is 2. The summed E-state index contributed by atoms with van der Waals surface area (Å²) in [6.45, 7) is 4.50. The van der Waals surface area contributed by atoms with Crippen LogP contribution in [0.15, 0.2) is 18.2 Å². The van der Waals surface area contributed by atoms with Gasteiger partial charge in [0.15, 0.2) is 0 Å². The minimum Gasteiger partial charge on any atom is -0.352 e. The molecule has 2 rings (SSSR count). The van der Waals surface area contributed by atoms with Crippen molar-refractivity contribution in [1.82, 2.24) is 10.2 Å². The summed E-state index contributed by atoms with van der Waals surface area (Å²) in [7, 11) is 0. The van der Waals surface area contributed by atoms with Gasteiger partial charge in [-0.1, -0.05) is 11.6 Å². The van der Waals surface area contributed by atoms with Gasteiger partial charge in [-0.3, -0.25) is 9.59 Å². The van der Waals surface area contributed by atoms with E-state index in [2.05, 4.69) is 5.32 Å². The molecule has 0 bridgehead atoms. The molecule has 0 atom stereocenters. The number of thiophene rings is 1. The second kappa shape index (κ2) is 5.35. The molecule has 19 heavy (non-hydrogen) atoms. The fourth-order valence-corrected chi connectivity index (χ4v) is 2.91. The van der Waals surface area contributed by atoms with Crippen LogP contribution in [0.5, 0.6) is 0 Å². The Morgan fingerprint density at radius 3 is 2.89 bits per heavy atom. The Bertz CT molecular complexity index is 537. The SMILES string of the molecule is CC1(C)C(=O)NCCN1C(=O)C=Cc1ccc(Cl)s1. The molecule has 1 aromatic rings. The van der Waals surface area contributed by atoms with E-state index in [0.29, 0.717) is 17.4 Å². The second-order valence-corrected chi connectivity index (χ2v) is 6.53. The zero-order valence-corrected chi connectivity index (χ0v) is 12.3. The maximum Gasteiger partial charge on any atom is 0.247 e. The zero-order valence-electron chi connectivity index (χ0n) is 10.8. The molecule has 1 saturated heterocycles. The van der Waals surface area contributed by atoms with Crippen molar-refractivity contribution in [2.75, 3.05) is 13.1 Å². The summed E-state index contributed by atoms with van der Waals surface area (Å²) in [5, 5.41) is 2.76. The van der Waals surface area contributed by atoms with Crippen LogP contribution in [0.4, 0.5) is 0 Å². The smallest absolute Gasteiger partial charge is 0.247 e. The van der Waals surface area contributed by atoms with Crippen LogP contribution < -0.4 is 5.32 Å². The minimum absolute atomic E-state index is 0.125. The predicted octanol–water partition coefficient (Wildman–Crippen LogP) is 2.15. The lowest BCUT2D eigenvalue weighted by Gasteiger charge is -2.40. The number of carbonyl (C=O) groups is 2. The van der Waals surface area contributed by atoms with E-state index in [9.17, 15) is 9.59 Å². The number of piperazine rings is 1. The van der Waals surface area contributed by atoms with Crippen molar-refractivity contribution in [1.29, 1.82) is 0 Å². The van der Waals surface area contributed by atoms with Crippen molar-refractivity contribution in [2.45, 2.75) is 19.4 Å². The fourth-order valence-electron chi connectivity index (χ4n) is 1.95. The molecule has 1 aliphatic heterocycles. The van der Waals surface area contributed by atoms with Gasteiger partial charge in [0.05, 0.1) is 4.34 Å². The van der Waals surface area contributed by atoms with E-state index >= 15 is 0 Å². The molecule has 4 nitrogen and oxygen atoms in total. The van der Waals surface area contributed by atoms with Crippen molar-refractivity contribution in [2.24, 2.45) is 0 Å². The highest BCUT2D eigenvalue weighted by Crippen LogP contribution is 2.23. The number of hydrogen-bond acceptors (Lipinski definition) is 3. The van der Waals surface area contributed by atoms with E-state index < -0.39 is 5.54 Å². The third kappa shape index (κ3) is 2.98. The van der Waals surface area contributed by atoms with Gasteiger partial charge >= 0.3 is 0 Å². The zero-order chi connectivity index (χ0) is 14.0. The Balaban J connectivity index is 2.11. The van der Waals surface area contributed by atoms with E-state index in [1.807, 2.05) is 6.07 Å². The second-order valence-electron chi connectivity index (χ2n) is 4.78.